The van der Waals surface area contributed by atoms with Crippen LogP contribution in [0.15, 0.2) is 24.3 Å². The number of hydrogen-bond donors (Lipinski definition) is 2. The summed E-state index contributed by atoms with van der Waals surface area (Å²) in [6.07, 6.45) is 0. The lowest BCUT2D eigenvalue weighted by molar-refractivity contribution is 0.278. The second-order valence-corrected chi connectivity index (χ2v) is 3.06. The predicted octanol–water partition coefficient (Wildman–Crippen LogP) is 2.31. The monoisotopic (exact) mass is 181 g/mol. The zero-order chi connectivity index (χ0) is 8.55. The number of aliphatic hydroxyl groups is 1. The van der Waals surface area contributed by atoms with Gasteiger partial charge in [0.15, 0.2) is 0 Å². The van der Waals surface area contributed by atoms with Gasteiger partial charge in [-0.25, -0.2) is 0 Å². The molecule has 2 rings (SSSR count). The third-order valence-corrected chi connectivity index (χ3v) is 2.15. The fraction of sp³-hybridized carbons (Fsp3) is 0.111. The van der Waals surface area contributed by atoms with Crippen molar-refractivity contribution in [2.75, 3.05) is 0 Å². The molecule has 0 atom stereocenters. The van der Waals surface area contributed by atoms with E-state index in [-0.39, 0.29) is 6.61 Å². The van der Waals surface area contributed by atoms with Gasteiger partial charge in [-0.3, -0.25) is 0 Å². The lowest BCUT2D eigenvalue weighted by atomic mass is 10.2. The summed E-state index contributed by atoms with van der Waals surface area (Å²) in [4.78, 5) is 3.03. The van der Waals surface area contributed by atoms with E-state index in [4.69, 9.17) is 16.7 Å². The quantitative estimate of drug-likeness (QED) is 0.696. The van der Waals surface area contributed by atoms with Gasteiger partial charge < -0.3 is 10.1 Å². The fourth-order valence-electron chi connectivity index (χ4n) is 1.26. The largest absolute Gasteiger partial charge is 0.390 e. The minimum Gasteiger partial charge on any atom is -0.390 e. The molecule has 0 radical (unpaired) electrons. The molecular formula is C9H8ClNO. The van der Waals surface area contributed by atoms with E-state index in [1.165, 1.54) is 0 Å². The third-order valence-electron chi connectivity index (χ3n) is 1.83. The van der Waals surface area contributed by atoms with Crippen molar-refractivity contribution in [1.29, 1.82) is 0 Å². The van der Waals surface area contributed by atoms with Crippen LogP contribution in [0.2, 0.25) is 5.02 Å². The average Bonchev–Trinajstić information content (AvgIpc) is 2.49. The number of halogens is 1. The molecule has 0 bridgehead atoms. The Morgan fingerprint density at radius 1 is 1.42 bits per heavy atom. The van der Waals surface area contributed by atoms with Gasteiger partial charge in [-0.1, -0.05) is 23.7 Å². The van der Waals surface area contributed by atoms with E-state index in [0.717, 1.165) is 16.6 Å². The minimum absolute atomic E-state index is 0.0189. The first kappa shape index (κ1) is 7.65. The number of fused-ring (bicyclic) bond motifs is 1. The van der Waals surface area contributed by atoms with E-state index >= 15 is 0 Å². The van der Waals surface area contributed by atoms with Crippen LogP contribution in [0.1, 0.15) is 5.69 Å². The zero-order valence-electron chi connectivity index (χ0n) is 6.34. The molecule has 3 heteroatoms. The lowest BCUT2D eigenvalue weighted by Crippen LogP contribution is -1.79. The van der Waals surface area contributed by atoms with E-state index in [1.54, 1.807) is 0 Å². The van der Waals surface area contributed by atoms with Gasteiger partial charge in [0.1, 0.15) is 0 Å². The normalized spacial score (nSPS) is 10.8. The van der Waals surface area contributed by atoms with E-state index < -0.39 is 0 Å². The molecule has 2 N–H and O–H groups in total. The topological polar surface area (TPSA) is 36.0 Å². The molecule has 0 aliphatic carbocycles. The highest BCUT2D eigenvalue weighted by Gasteiger charge is 2.01. The van der Waals surface area contributed by atoms with Crippen LogP contribution in [0, 0.1) is 0 Å². The Balaban J connectivity index is 2.74. The van der Waals surface area contributed by atoms with Crippen molar-refractivity contribution in [3.63, 3.8) is 0 Å². The fourth-order valence-corrected chi connectivity index (χ4v) is 1.49. The van der Waals surface area contributed by atoms with Crippen LogP contribution in [-0.2, 0) is 6.61 Å². The summed E-state index contributed by atoms with van der Waals surface area (Å²) in [5.74, 6) is 0. The molecule has 62 valence electrons. The van der Waals surface area contributed by atoms with Crippen LogP contribution >= 0.6 is 11.6 Å². The second-order valence-electron chi connectivity index (χ2n) is 2.66. The minimum atomic E-state index is 0.0189. The summed E-state index contributed by atoms with van der Waals surface area (Å²) in [5, 5.41) is 10.6. The molecule has 0 spiro atoms. The maximum absolute atomic E-state index is 8.86. The zero-order valence-corrected chi connectivity index (χ0v) is 7.10. The van der Waals surface area contributed by atoms with Crippen molar-refractivity contribution >= 4 is 22.5 Å². The van der Waals surface area contributed by atoms with Gasteiger partial charge in [0.25, 0.3) is 0 Å². The average molecular weight is 182 g/mol. The summed E-state index contributed by atoms with van der Waals surface area (Å²) in [7, 11) is 0. The number of rotatable bonds is 1. The first-order valence-corrected chi connectivity index (χ1v) is 4.06. The Morgan fingerprint density at radius 2 is 2.25 bits per heavy atom. The number of benzene rings is 1. The molecule has 0 unspecified atom stereocenters. The van der Waals surface area contributed by atoms with E-state index in [9.17, 15) is 0 Å². The van der Waals surface area contributed by atoms with Crippen molar-refractivity contribution in [3.05, 3.63) is 35.0 Å². The highest BCUT2D eigenvalue weighted by atomic mass is 35.5. The van der Waals surface area contributed by atoms with Crippen LogP contribution in [0.25, 0.3) is 10.9 Å². The number of H-pyrrole nitrogens is 1. The van der Waals surface area contributed by atoms with Crippen molar-refractivity contribution in [1.82, 2.24) is 4.98 Å². The number of para-hydroxylation sites is 1. The van der Waals surface area contributed by atoms with Crippen molar-refractivity contribution in [2.45, 2.75) is 6.61 Å². The van der Waals surface area contributed by atoms with Gasteiger partial charge in [0.2, 0.25) is 0 Å². The van der Waals surface area contributed by atoms with Crippen molar-refractivity contribution in [2.24, 2.45) is 0 Å². The molecule has 2 nitrogen and oxygen atoms in total. The van der Waals surface area contributed by atoms with E-state index in [1.807, 2.05) is 24.3 Å². The number of nitrogens with one attached hydrogen (secondary N) is 1. The SMILES string of the molecule is OCc1cc2cccc(Cl)c2[nH]1. The first-order valence-electron chi connectivity index (χ1n) is 3.68. The summed E-state index contributed by atoms with van der Waals surface area (Å²) in [6, 6.07) is 7.55. The predicted molar refractivity (Wildman–Crippen MR) is 49.2 cm³/mol. The Hall–Kier alpha value is -0.990. The van der Waals surface area contributed by atoms with Gasteiger partial charge in [-0.2, -0.15) is 0 Å². The summed E-state index contributed by atoms with van der Waals surface area (Å²) in [6.45, 7) is 0.0189. The molecule has 2 aromatic rings. The van der Waals surface area contributed by atoms with Gasteiger partial charge in [-0.15, -0.1) is 0 Å². The molecule has 0 saturated heterocycles. The Kier molecular flexibility index (Phi) is 1.79. The number of aromatic nitrogens is 1. The van der Waals surface area contributed by atoms with Crippen LogP contribution < -0.4 is 0 Å². The first-order chi connectivity index (χ1) is 5.81. The lowest BCUT2D eigenvalue weighted by Gasteiger charge is -1.90. The molecule has 0 amide bonds. The smallest absolute Gasteiger partial charge is 0.0831 e. The Labute approximate surface area is 74.8 Å². The maximum atomic E-state index is 8.86. The molecule has 0 aliphatic heterocycles. The summed E-state index contributed by atoms with van der Waals surface area (Å²) >= 11 is 5.91. The molecular weight excluding hydrogens is 174 g/mol. The van der Waals surface area contributed by atoms with Gasteiger partial charge in [0.05, 0.1) is 17.1 Å². The van der Waals surface area contributed by atoms with Crippen LogP contribution in [0.5, 0.6) is 0 Å². The Morgan fingerprint density at radius 3 is 2.92 bits per heavy atom. The molecule has 1 heterocycles. The standard InChI is InChI=1S/C9H8ClNO/c10-8-3-1-2-6-4-7(5-12)11-9(6)8/h1-4,11-12H,5H2. The van der Waals surface area contributed by atoms with Gasteiger partial charge in [0, 0.05) is 11.1 Å². The molecule has 12 heavy (non-hydrogen) atoms. The number of aromatic amines is 1. The van der Waals surface area contributed by atoms with Crippen molar-refractivity contribution < 1.29 is 5.11 Å². The highest BCUT2D eigenvalue weighted by Crippen LogP contribution is 2.23. The van der Waals surface area contributed by atoms with Gasteiger partial charge >= 0.3 is 0 Å². The second kappa shape index (κ2) is 2.81. The molecule has 0 fully saturated rings. The number of hydrogen-bond acceptors (Lipinski definition) is 1. The van der Waals surface area contributed by atoms with Gasteiger partial charge in [-0.05, 0) is 12.1 Å². The summed E-state index contributed by atoms with van der Waals surface area (Å²) in [5.41, 5.74) is 1.68. The maximum Gasteiger partial charge on any atom is 0.0831 e. The third kappa shape index (κ3) is 1.09. The van der Waals surface area contributed by atoms with Crippen LogP contribution in [0.4, 0.5) is 0 Å². The Bertz CT molecular complexity index is 408. The molecule has 1 aromatic carbocycles. The number of aliphatic hydroxyl groups excluding tert-OH is 1. The highest BCUT2D eigenvalue weighted by molar-refractivity contribution is 6.35. The summed E-state index contributed by atoms with van der Waals surface area (Å²) < 4.78 is 0. The van der Waals surface area contributed by atoms with Crippen LogP contribution in [0.3, 0.4) is 0 Å². The molecule has 0 aliphatic rings. The van der Waals surface area contributed by atoms with Crippen LogP contribution in [-0.4, -0.2) is 10.1 Å². The molecule has 0 saturated carbocycles. The van der Waals surface area contributed by atoms with Crippen molar-refractivity contribution in [3.8, 4) is 0 Å². The van der Waals surface area contributed by atoms with E-state index in [2.05, 4.69) is 4.98 Å². The molecule has 1 aromatic heterocycles. The van der Waals surface area contributed by atoms with E-state index in [0.29, 0.717) is 5.02 Å².